The number of hydrogen-bond donors (Lipinski definition) is 2. The lowest BCUT2D eigenvalue weighted by Gasteiger charge is -2.13. The third-order valence-corrected chi connectivity index (χ3v) is 3.38. The monoisotopic (exact) mass is 294 g/mol. The van der Waals surface area contributed by atoms with Crippen LogP contribution >= 0.6 is 0 Å². The number of sulfonamides is 1. The predicted octanol–water partition coefficient (Wildman–Crippen LogP) is 1.89. The lowest BCUT2D eigenvalue weighted by atomic mass is 10.2. The number of benzene rings is 1. The summed E-state index contributed by atoms with van der Waals surface area (Å²) in [5, 5.41) is 7.42. The van der Waals surface area contributed by atoms with Gasteiger partial charge >= 0.3 is 0 Å². The summed E-state index contributed by atoms with van der Waals surface area (Å²) in [6, 6.07) is 9.13. The Hall–Kier alpha value is -2.02. The molecule has 0 unspecified atom stereocenters. The van der Waals surface area contributed by atoms with Crippen LogP contribution in [0.25, 0.3) is 0 Å². The Kier molecular flexibility index (Phi) is 4.29. The molecular formula is C13H18N4O2S. The first kappa shape index (κ1) is 14.4. The van der Waals surface area contributed by atoms with E-state index in [-0.39, 0.29) is 0 Å². The van der Waals surface area contributed by atoms with Crippen LogP contribution in [0.1, 0.15) is 12.6 Å². The second-order valence-electron chi connectivity index (χ2n) is 4.41. The summed E-state index contributed by atoms with van der Waals surface area (Å²) in [5.41, 5.74) is 2.32. The maximum Gasteiger partial charge on any atom is 0.229 e. The van der Waals surface area contributed by atoms with Gasteiger partial charge < -0.3 is 5.32 Å². The molecule has 20 heavy (non-hydrogen) atoms. The lowest BCUT2D eigenvalue weighted by Crippen LogP contribution is -2.13. The van der Waals surface area contributed by atoms with E-state index in [1.807, 2.05) is 29.8 Å². The molecule has 1 aromatic carbocycles. The predicted molar refractivity (Wildman–Crippen MR) is 80.1 cm³/mol. The average molecular weight is 294 g/mol. The number of nitrogens with one attached hydrogen (secondary N) is 2. The second kappa shape index (κ2) is 5.96. The highest BCUT2D eigenvalue weighted by Crippen LogP contribution is 2.22. The zero-order valence-electron chi connectivity index (χ0n) is 11.5. The van der Waals surface area contributed by atoms with Crippen molar-refractivity contribution in [2.24, 2.45) is 0 Å². The highest BCUT2D eigenvalue weighted by atomic mass is 32.2. The quantitative estimate of drug-likeness (QED) is 0.853. The van der Waals surface area contributed by atoms with Crippen molar-refractivity contribution in [1.82, 2.24) is 9.78 Å². The van der Waals surface area contributed by atoms with E-state index in [2.05, 4.69) is 15.1 Å². The normalized spacial score (nSPS) is 11.3. The number of hydrogen-bond acceptors (Lipinski definition) is 4. The molecule has 0 fully saturated rings. The average Bonchev–Trinajstić information content (AvgIpc) is 2.83. The number of anilines is 2. The Morgan fingerprint density at radius 1 is 1.20 bits per heavy atom. The van der Waals surface area contributed by atoms with Gasteiger partial charge in [0.2, 0.25) is 10.0 Å². The number of para-hydroxylation sites is 2. The van der Waals surface area contributed by atoms with Crippen molar-refractivity contribution in [3.8, 4) is 0 Å². The molecule has 0 bridgehead atoms. The first-order valence-corrected chi connectivity index (χ1v) is 8.20. The summed E-state index contributed by atoms with van der Waals surface area (Å²) in [4.78, 5) is 0. The number of aryl methyl sites for hydroxylation is 1. The molecule has 108 valence electrons. The molecule has 0 amide bonds. The van der Waals surface area contributed by atoms with Gasteiger partial charge in [0, 0.05) is 12.7 Å². The van der Waals surface area contributed by atoms with Crippen molar-refractivity contribution < 1.29 is 8.42 Å². The number of nitrogens with zero attached hydrogens (tertiary/aromatic N) is 2. The van der Waals surface area contributed by atoms with Gasteiger partial charge in [-0.25, -0.2) is 8.42 Å². The lowest BCUT2D eigenvalue weighted by molar-refractivity contribution is 0.607. The zero-order valence-corrected chi connectivity index (χ0v) is 12.3. The minimum absolute atomic E-state index is 0.539. The van der Waals surface area contributed by atoms with Crippen LogP contribution in [0.2, 0.25) is 0 Å². The summed E-state index contributed by atoms with van der Waals surface area (Å²) in [6.07, 6.45) is 2.89. The zero-order chi connectivity index (χ0) is 14.6. The smallest absolute Gasteiger partial charge is 0.229 e. The second-order valence-corrected chi connectivity index (χ2v) is 6.16. The summed E-state index contributed by atoms with van der Waals surface area (Å²) < 4.78 is 27.1. The van der Waals surface area contributed by atoms with Gasteiger partial charge in [-0.15, -0.1) is 0 Å². The molecule has 0 radical (unpaired) electrons. The molecule has 0 aliphatic carbocycles. The van der Waals surface area contributed by atoms with Gasteiger partial charge in [-0.05, 0) is 25.1 Å². The van der Waals surface area contributed by atoms with Crippen LogP contribution in [0.4, 0.5) is 11.4 Å². The van der Waals surface area contributed by atoms with E-state index >= 15 is 0 Å². The minimum Gasteiger partial charge on any atom is -0.378 e. The van der Waals surface area contributed by atoms with Crippen molar-refractivity contribution >= 4 is 21.4 Å². The Morgan fingerprint density at radius 2 is 1.90 bits per heavy atom. The fourth-order valence-electron chi connectivity index (χ4n) is 1.91. The Balaban J connectivity index is 2.14. The summed E-state index contributed by atoms with van der Waals surface area (Å²) in [6.45, 7) is 3.40. The van der Waals surface area contributed by atoms with E-state index < -0.39 is 10.0 Å². The van der Waals surface area contributed by atoms with Gasteiger partial charge in [0.1, 0.15) is 0 Å². The number of rotatable bonds is 6. The third-order valence-electron chi connectivity index (χ3n) is 2.79. The standard InChI is InChI=1S/C13H18N4O2S/c1-3-17-11(8-9-15-17)10-14-12-6-4-5-7-13(12)16-20(2,18)19/h4-9,14,16H,3,10H2,1-2H3. The largest absolute Gasteiger partial charge is 0.378 e. The van der Waals surface area contributed by atoms with Crippen molar-refractivity contribution in [2.45, 2.75) is 20.0 Å². The molecule has 0 spiro atoms. The van der Waals surface area contributed by atoms with Crippen molar-refractivity contribution in [3.63, 3.8) is 0 Å². The molecule has 2 N–H and O–H groups in total. The maximum absolute atomic E-state index is 11.3. The van der Waals surface area contributed by atoms with Gasteiger partial charge in [0.05, 0.1) is 29.9 Å². The summed E-state index contributed by atoms with van der Waals surface area (Å²) in [5.74, 6) is 0. The third kappa shape index (κ3) is 3.74. The molecule has 0 atom stereocenters. The van der Waals surface area contributed by atoms with Crippen LogP contribution in [0.15, 0.2) is 36.5 Å². The van der Waals surface area contributed by atoms with E-state index in [0.29, 0.717) is 12.2 Å². The van der Waals surface area contributed by atoms with E-state index in [0.717, 1.165) is 24.2 Å². The van der Waals surface area contributed by atoms with Crippen LogP contribution < -0.4 is 10.0 Å². The van der Waals surface area contributed by atoms with Gasteiger partial charge in [-0.2, -0.15) is 5.10 Å². The SMILES string of the molecule is CCn1nccc1CNc1ccccc1NS(C)(=O)=O. The first-order valence-electron chi connectivity index (χ1n) is 6.31. The Bertz CT molecular complexity index is 679. The highest BCUT2D eigenvalue weighted by molar-refractivity contribution is 7.92. The van der Waals surface area contributed by atoms with E-state index in [1.165, 1.54) is 0 Å². The summed E-state index contributed by atoms with van der Waals surface area (Å²) in [7, 11) is -3.29. The minimum atomic E-state index is -3.29. The fraction of sp³-hybridized carbons (Fsp3) is 0.308. The molecule has 0 aliphatic heterocycles. The van der Waals surface area contributed by atoms with Crippen LogP contribution in [-0.4, -0.2) is 24.5 Å². The van der Waals surface area contributed by atoms with Gasteiger partial charge in [0.25, 0.3) is 0 Å². The van der Waals surface area contributed by atoms with Crippen LogP contribution in [0.5, 0.6) is 0 Å². The topological polar surface area (TPSA) is 76.0 Å². The van der Waals surface area contributed by atoms with Crippen LogP contribution in [-0.2, 0) is 23.1 Å². The van der Waals surface area contributed by atoms with Gasteiger partial charge in [-0.3, -0.25) is 9.40 Å². The van der Waals surface area contributed by atoms with Gasteiger partial charge in [0.15, 0.2) is 0 Å². The molecule has 0 saturated heterocycles. The summed E-state index contributed by atoms with van der Waals surface area (Å²) >= 11 is 0. The number of aromatic nitrogens is 2. The first-order chi connectivity index (χ1) is 9.49. The van der Waals surface area contributed by atoms with E-state index in [9.17, 15) is 8.42 Å². The molecule has 1 aromatic heterocycles. The van der Waals surface area contributed by atoms with E-state index in [1.54, 1.807) is 18.3 Å². The van der Waals surface area contributed by atoms with Crippen LogP contribution in [0.3, 0.4) is 0 Å². The molecule has 7 heteroatoms. The van der Waals surface area contributed by atoms with E-state index in [4.69, 9.17) is 0 Å². The Labute approximate surface area is 118 Å². The highest BCUT2D eigenvalue weighted by Gasteiger charge is 2.07. The fourth-order valence-corrected chi connectivity index (χ4v) is 2.48. The van der Waals surface area contributed by atoms with Crippen molar-refractivity contribution in [3.05, 3.63) is 42.2 Å². The molecule has 2 rings (SSSR count). The molecule has 0 aliphatic rings. The molecule has 2 aromatic rings. The maximum atomic E-state index is 11.3. The molecular weight excluding hydrogens is 276 g/mol. The van der Waals surface area contributed by atoms with Crippen molar-refractivity contribution in [2.75, 3.05) is 16.3 Å². The molecule has 0 saturated carbocycles. The molecule has 1 heterocycles. The van der Waals surface area contributed by atoms with Crippen LogP contribution in [0, 0.1) is 0 Å². The molecule has 6 nitrogen and oxygen atoms in total. The van der Waals surface area contributed by atoms with Crippen molar-refractivity contribution in [1.29, 1.82) is 0 Å². The Morgan fingerprint density at radius 3 is 2.55 bits per heavy atom. The van der Waals surface area contributed by atoms with Gasteiger partial charge in [-0.1, -0.05) is 12.1 Å².